The number of H-pyrrole nitrogens is 2. The minimum Gasteiger partial charge on any atom is -0.358 e. The zero-order chi connectivity index (χ0) is 26.2. The number of amides is 2. The van der Waals surface area contributed by atoms with Crippen molar-refractivity contribution >= 4 is 33.6 Å². The van der Waals surface area contributed by atoms with Crippen LogP contribution in [0, 0.1) is 0 Å². The van der Waals surface area contributed by atoms with E-state index in [2.05, 4.69) is 69.1 Å². The summed E-state index contributed by atoms with van der Waals surface area (Å²) in [5.74, 6) is -0.134. The molecule has 0 saturated heterocycles. The molecule has 0 radical (unpaired) electrons. The molecule has 5 rings (SSSR count). The van der Waals surface area contributed by atoms with Crippen LogP contribution in [0.1, 0.15) is 73.9 Å². The highest BCUT2D eigenvalue weighted by Gasteiger charge is 2.14. The monoisotopic (exact) mass is 512 g/mol. The number of benzene rings is 2. The molecule has 1 aliphatic rings. The fraction of sp³-hybridized carbons (Fsp3) is 0.438. The minimum atomic E-state index is -0.0670. The Morgan fingerprint density at radius 2 is 0.895 bits per heavy atom. The summed E-state index contributed by atoms with van der Waals surface area (Å²) < 4.78 is 0. The van der Waals surface area contributed by atoms with Crippen LogP contribution in [0.25, 0.3) is 21.8 Å². The first-order valence-corrected chi connectivity index (χ1v) is 14.4. The summed E-state index contributed by atoms with van der Waals surface area (Å²) >= 11 is 0. The normalized spacial score (nSPS) is 17.6. The molecule has 4 aromatic rings. The maximum atomic E-state index is 12.5. The second-order valence-electron chi connectivity index (χ2n) is 10.6. The summed E-state index contributed by atoms with van der Waals surface area (Å²) in [5.41, 5.74) is 7.57. The molecule has 6 nitrogen and oxygen atoms in total. The predicted molar refractivity (Wildman–Crippen MR) is 154 cm³/mol. The highest BCUT2D eigenvalue weighted by Crippen LogP contribution is 2.26. The van der Waals surface area contributed by atoms with Crippen LogP contribution >= 0.6 is 0 Å². The molecule has 4 N–H and O–H groups in total. The van der Waals surface area contributed by atoms with Crippen molar-refractivity contribution in [1.82, 2.24) is 20.6 Å². The van der Waals surface area contributed by atoms with Gasteiger partial charge in [0.1, 0.15) is 0 Å². The second-order valence-corrected chi connectivity index (χ2v) is 10.6. The molecule has 2 aromatic heterocycles. The lowest BCUT2D eigenvalue weighted by molar-refractivity contribution is -0.126. The van der Waals surface area contributed by atoms with E-state index in [1.54, 1.807) is 0 Å². The average molecular weight is 513 g/mol. The maximum absolute atomic E-state index is 12.5. The Hall–Kier alpha value is -3.54. The highest BCUT2D eigenvalue weighted by molar-refractivity contribution is 5.86. The number of nitrogens with one attached hydrogen (secondary N) is 4. The molecule has 200 valence electrons. The van der Waals surface area contributed by atoms with Crippen LogP contribution < -0.4 is 10.6 Å². The number of aromatic amines is 2. The third-order valence-electron chi connectivity index (χ3n) is 7.88. The van der Waals surface area contributed by atoms with Crippen LogP contribution in [0.5, 0.6) is 0 Å². The van der Waals surface area contributed by atoms with E-state index in [4.69, 9.17) is 0 Å². The first-order chi connectivity index (χ1) is 18.7. The van der Waals surface area contributed by atoms with E-state index in [0.29, 0.717) is 13.1 Å². The van der Waals surface area contributed by atoms with E-state index < -0.39 is 0 Å². The molecule has 0 spiro atoms. The number of carbonyl (C=O) groups is 2. The number of rotatable bonds is 0. The first-order valence-electron chi connectivity index (χ1n) is 14.4. The number of aromatic nitrogens is 2. The summed E-state index contributed by atoms with van der Waals surface area (Å²) in [5, 5.41) is 8.56. The number of aryl methyl sites for hydroxylation is 2. The Labute approximate surface area is 225 Å². The van der Waals surface area contributed by atoms with E-state index in [1.807, 2.05) is 0 Å². The molecule has 38 heavy (non-hydrogen) atoms. The van der Waals surface area contributed by atoms with Crippen molar-refractivity contribution < 1.29 is 9.59 Å². The molecule has 2 amide bonds. The van der Waals surface area contributed by atoms with Crippen LogP contribution in [-0.2, 0) is 35.3 Å². The van der Waals surface area contributed by atoms with Crippen LogP contribution in [0.3, 0.4) is 0 Å². The van der Waals surface area contributed by atoms with Gasteiger partial charge in [-0.05, 0) is 61.8 Å². The molecule has 3 heterocycles. The van der Waals surface area contributed by atoms with Gasteiger partial charge in [-0.15, -0.1) is 0 Å². The molecule has 0 saturated carbocycles. The Bertz CT molecular complexity index is 1280. The third-order valence-corrected chi connectivity index (χ3v) is 7.88. The summed E-state index contributed by atoms with van der Waals surface area (Å²) in [7, 11) is 0. The zero-order valence-electron chi connectivity index (χ0n) is 22.3. The van der Waals surface area contributed by atoms with Crippen molar-refractivity contribution in [3.8, 4) is 0 Å². The van der Waals surface area contributed by atoms with Crippen LogP contribution in [0.15, 0.2) is 48.5 Å². The van der Waals surface area contributed by atoms with Gasteiger partial charge in [0.2, 0.25) is 11.8 Å². The molecule has 2 aromatic carbocycles. The Morgan fingerprint density at radius 3 is 1.37 bits per heavy atom. The van der Waals surface area contributed by atoms with E-state index in [1.165, 1.54) is 82.8 Å². The van der Waals surface area contributed by atoms with Crippen molar-refractivity contribution in [1.29, 1.82) is 0 Å². The smallest absolute Gasteiger partial charge is 0.220 e. The van der Waals surface area contributed by atoms with E-state index in [-0.39, 0.29) is 24.7 Å². The summed E-state index contributed by atoms with van der Waals surface area (Å²) in [6.07, 6.45) is 11.4. The van der Waals surface area contributed by atoms with Crippen LogP contribution in [0.4, 0.5) is 0 Å². The third kappa shape index (κ3) is 6.47. The van der Waals surface area contributed by atoms with Gasteiger partial charge in [-0.25, -0.2) is 0 Å². The quantitative estimate of drug-likeness (QED) is 0.237. The van der Waals surface area contributed by atoms with Gasteiger partial charge in [-0.2, -0.15) is 0 Å². The second kappa shape index (κ2) is 12.8. The Balaban J connectivity index is 1.25. The molecule has 1 aliphatic heterocycles. The van der Waals surface area contributed by atoms with Crippen molar-refractivity contribution in [2.45, 2.75) is 77.0 Å². The average Bonchev–Trinajstić information content (AvgIpc) is 3.46. The van der Waals surface area contributed by atoms with Gasteiger partial charge < -0.3 is 20.6 Å². The number of fused-ring (bicyclic) bond motifs is 6. The van der Waals surface area contributed by atoms with Gasteiger partial charge in [0.15, 0.2) is 0 Å². The van der Waals surface area contributed by atoms with Crippen molar-refractivity contribution in [2.24, 2.45) is 0 Å². The van der Waals surface area contributed by atoms with E-state index in [0.717, 1.165) is 25.7 Å². The predicted octanol–water partition coefficient (Wildman–Crippen LogP) is 5.89. The summed E-state index contributed by atoms with van der Waals surface area (Å²) in [6, 6.07) is 16.9. The lowest BCUT2D eigenvalue weighted by atomic mass is 10.0. The maximum Gasteiger partial charge on any atom is 0.220 e. The SMILES string of the molecule is O=C1CCC(=O)NCCc2c([nH]c3ccccc23)CCCCCCCCc2[nH]c3ccccc3c2CCN1. The van der Waals surface area contributed by atoms with Crippen molar-refractivity contribution in [3.05, 3.63) is 71.0 Å². The molecule has 6 heteroatoms. The molecule has 0 unspecified atom stereocenters. The number of para-hydroxylation sites is 2. The summed E-state index contributed by atoms with van der Waals surface area (Å²) in [6.45, 7) is 1.16. The molecular formula is C32H40N4O2. The fourth-order valence-electron chi connectivity index (χ4n) is 5.88. The lowest BCUT2D eigenvalue weighted by Crippen LogP contribution is -2.30. The fourth-order valence-corrected chi connectivity index (χ4v) is 5.88. The van der Waals surface area contributed by atoms with Crippen molar-refractivity contribution in [2.75, 3.05) is 13.1 Å². The zero-order valence-corrected chi connectivity index (χ0v) is 22.3. The minimum absolute atomic E-state index is 0.0670. The van der Waals surface area contributed by atoms with Gasteiger partial charge in [0.05, 0.1) is 0 Å². The molecular weight excluding hydrogens is 472 g/mol. The molecule has 0 fully saturated rings. The number of carbonyl (C=O) groups excluding carboxylic acids is 2. The molecule has 0 atom stereocenters. The Kier molecular flexibility index (Phi) is 8.79. The van der Waals surface area contributed by atoms with Gasteiger partial charge in [0, 0.05) is 59.1 Å². The standard InChI is InChI=1S/C32H40N4O2/c37-31-17-18-32(38)34-22-20-26-24-12-8-10-16-28(24)36-30(26)14-6-4-2-1-3-5-13-29-25(19-21-33-31)23-11-7-9-15-27(23)35-29/h7-12,15-16,35-36H,1-6,13-14,17-22H2,(H,33,37)(H,34,38). The first kappa shape index (κ1) is 26.1. The van der Waals surface area contributed by atoms with E-state index in [9.17, 15) is 9.59 Å². The van der Waals surface area contributed by atoms with E-state index >= 15 is 0 Å². The Morgan fingerprint density at radius 1 is 0.474 bits per heavy atom. The lowest BCUT2D eigenvalue weighted by Gasteiger charge is -2.10. The van der Waals surface area contributed by atoms with Crippen molar-refractivity contribution in [3.63, 3.8) is 0 Å². The van der Waals surface area contributed by atoms with Crippen LogP contribution in [0.2, 0.25) is 0 Å². The summed E-state index contributed by atoms with van der Waals surface area (Å²) in [4.78, 5) is 32.2. The largest absolute Gasteiger partial charge is 0.358 e. The topological polar surface area (TPSA) is 89.8 Å². The molecule has 0 bridgehead atoms. The van der Waals surface area contributed by atoms with Gasteiger partial charge >= 0.3 is 0 Å². The number of hydrogen-bond donors (Lipinski definition) is 4. The van der Waals surface area contributed by atoms with Gasteiger partial charge in [0.25, 0.3) is 0 Å². The van der Waals surface area contributed by atoms with Crippen LogP contribution in [-0.4, -0.2) is 34.9 Å². The van der Waals surface area contributed by atoms with Gasteiger partial charge in [-0.1, -0.05) is 62.1 Å². The van der Waals surface area contributed by atoms with Gasteiger partial charge in [-0.3, -0.25) is 9.59 Å². The highest BCUT2D eigenvalue weighted by atomic mass is 16.2. The molecule has 0 aliphatic carbocycles. The number of hydrogen-bond acceptors (Lipinski definition) is 2.